The number of hydrogen-bond donors (Lipinski definition) is 3. The van der Waals surface area contributed by atoms with Gasteiger partial charge in [0.15, 0.2) is 0 Å². The first-order chi connectivity index (χ1) is 10.8. The van der Waals surface area contributed by atoms with Gasteiger partial charge in [-0.05, 0) is 35.7 Å². The summed E-state index contributed by atoms with van der Waals surface area (Å²) >= 11 is 1.43. The predicted octanol–water partition coefficient (Wildman–Crippen LogP) is 3.87. The van der Waals surface area contributed by atoms with Crippen molar-refractivity contribution >= 4 is 33.8 Å². The number of carbonyl (C=O) groups excluding carboxylic acids is 1. The van der Waals surface area contributed by atoms with Crippen LogP contribution in [0, 0.1) is 0 Å². The zero-order valence-electron chi connectivity index (χ0n) is 11.5. The summed E-state index contributed by atoms with van der Waals surface area (Å²) in [7, 11) is 0. The molecular weight excluding hydrogens is 296 g/mol. The number of thiophene rings is 1. The highest BCUT2D eigenvalue weighted by Crippen LogP contribution is 2.26. The van der Waals surface area contributed by atoms with Crippen LogP contribution in [0.5, 0.6) is 0 Å². The summed E-state index contributed by atoms with van der Waals surface area (Å²) in [4.78, 5) is 16.1. The fourth-order valence-electron chi connectivity index (χ4n) is 2.36. The Hall–Kier alpha value is -2.86. The molecule has 0 saturated heterocycles. The molecule has 0 atom stereocenters. The molecule has 5 nitrogen and oxygen atoms in total. The molecule has 1 amide bonds. The van der Waals surface area contributed by atoms with Crippen LogP contribution in [0.2, 0.25) is 0 Å². The third-order valence-corrected chi connectivity index (χ3v) is 4.30. The number of H-pyrrole nitrogens is 2. The first kappa shape index (κ1) is 12.8. The molecule has 0 radical (unpaired) electrons. The Morgan fingerprint density at radius 3 is 2.95 bits per heavy atom. The Morgan fingerprint density at radius 2 is 2.18 bits per heavy atom. The monoisotopic (exact) mass is 308 g/mol. The second kappa shape index (κ2) is 5.16. The fraction of sp³-hybridized carbons (Fsp3) is 0. The van der Waals surface area contributed by atoms with Crippen molar-refractivity contribution in [3.8, 4) is 11.3 Å². The fourth-order valence-corrected chi connectivity index (χ4v) is 2.98. The summed E-state index contributed by atoms with van der Waals surface area (Å²) in [6, 6.07) is 11.5. The standard InChI is InChI=1S/C16H12N4OS/c21-16(15-2-1-5-22-15)19-12-3-4-13-10(6-12)7-14(20-13)11-8-17-18-9-11/h1-9,20H,(H,17,18)(H,19,21). The van der Waals surface area contributed by atoms with E-state index < -0.39 is 0 Å². The molecule has 0 spiro atoms. The molecule has 22 heavy (non-hydrogen) atoms. The lowest BCUT2D eigenvalue weighted by molar-refractivity contribution is 0.103. The van der Waals surface area contributed by atoms with Gasteiger partial charge in [0.05, 0.1) is 11.1 Å². The van der Waals surface area contributed by atoms with Crippen molar-refractivity contribution in [2.75, 3.05) is 5.32 Å². The number of hydrogen-bond acceptors (Lipinski definition) is 3. The Morgan fingerprint density at radius 1 is 1.23 bits per heavy atom. The Labute approximate surface area is 130 Å². The summed E-state index contributed by atoms with van der Waals surface area (Å²) in [6.07, 6.45) is 3.61. The smallest absolute Gasteiger partial charge is 0.265 e. The molecule has 4 aromatic rings. The molecule has 0 aliphatic carbocycles. The molecule has 0 aliphatic heterocycles. The second-order valence-electron chi connectivity index (χ2n) is 4.90. The minimum Gasteiger partial charge on any atom is -0.354 e. The van der Waals surface area contributed by atoms with Gasteiger partial charge in [-0.2, -0.15) is 5.10 Å². The number of rotatable bonds is 3. The lowest BCUT2D eigenvalue weighted by Gasteiger charge is -2.03. The molecule has 0 saturated carbocycles. The minimum atomic E-state index is -0.0834. The maximum atomic E-state index is 12.1. The highest BCUT2D eigenvalue weighted by atomic mass is 32.1. The van der Waals surface area contributed by atoms with Gasteiger partial charge in [0, 0.05) is 34.0 Å². The number of anilines is 1. The summed E-state index contributed by atoms with van der Waals surface area (Å²) in [6.45, 7) is 0. The van der Waals surface area contributed by atoms with E-state index in [9.17, 15) is 4.79 Å². The van der Waals surface area contributed by atoms with Gasteiger partial charge < -0.3 is 10.3 Å². The van der Waals surface area contributed by atoms with Gasteiger partial charge in [0.25, 0.3) is 5.91 Å². The minimum absolute atomic E-state index is 0.0834. The number of amides is 1. The highest BCUT2D eigenvalue weighted by Gasteiger charge is 2.09. The molecule has 1 aromatic carbocycles. The molecule has 0 bridgehead atoms. The summed E-state index contributed by atoms with van der Waals surface area (Å²) in [5.74, 6) is -0.0834. The van der Waals surface area contributed by atoms with Crippen molar-refractivity contribution < 1.29 is 4.79 Å². The predicted molar refractivity (Wildman–Crippen MR) is 88.2 cm³/mol. The molecule has 6 heteroatoms. The first-order valence-corrected chi connectivity index (χ1v) is 7.64. The van der Waals surface area contributed by atoms with Crippen molar-refractivity contribution in [3.63, 3.8) is 0 Å². The van der Waals surface area contributed by atoms with E-state index in [1.165, 1.54) is 11.3 Å². The van der Waals surface area contributed by atoms with Gasteiger partial charge in [0.1, 0.15) is 0 Å². The molecule has 3 aromatic heterocycles. The van der Waals surface area contributed by atoms with Crippen molar-refractivity contribution in [1.82, 2.24) is 15.2 Å². The largest absolute Gasteiger partial charge is 0.354 e. The molecular formula is C16H12N4OS. The summed E-state index contributed by atoms with van der Waals surface area (Å²) < 4.78 is 0. The van der Waals surface area contributed by atoms with Crippen molar-refractivity contribution in [2.24, 2.45) is 0 Å². The van der Waals surface area contributed by atoms with Crippen LogP contribution in [-0.4, -0.2) is 21.1 Å². The van der Waals surface area contributed by atoms with E-state index in [4.69, 9.17) is 0 Å². The van der Waals surface area contributed by atoms with Crippen LogP contribution in [0.4, 0.5) is 5.69 Å². The molecule has 108 valence electrons. The van der Waals surface area contributed by atoms with Crippen LogP contribution in [0.15, 0.2) is 54.2 Å². The van der Waals surface area contributed by atoms with E-state index in [1.54, 1.807) is 6.20 Å². The van der Waals surface area contributed by atoms with Gasteiger partial charge in [-0.15, -0.1) is 11.3 Å². The quantitative estimate of drug-likeness (QED) is 0.537. The number of nitrogens with zero attached hydrogens (tertiary/aromatic N) is 1. The summed E-state index contributed by atoms with van der Waals surface area (Å²) in [5.41, 5.74) is 3.79. The van der Waals surface area contributed by atoms with E-state index in [0.717, 1.165) is 27.8 Å². The SMILES string of the molecule is O=C(Nc1ccc2[nH]c(-c3cn[nH]c3)cc2c1)c1cccs1. The Bertz CT molecular complexity index is 923. The van der Waals surface area contributed by atoms with Gasteiger partial charge in [0.2, 0.25) is 0 Å². The third-order valence-electron chi connectivity index (χ3n) is 3.43. The van der Waals surface area contributed by atoms with Crippen molar-refractivity contribution in [1.29, 1.82) is 0 Å². The topological polar surface area (TPSA) is 73.6 Å². The lowest BCUT2D eigenvalue weighted by Crippen LogP contribution is -2.09. The zero-order valence-corrected chi connectivity index (χ0v) is 12.3. The maximum Gasteiger partial charge on any atom is 0.265 e. The average molecular weight is 308 g/mol. The number of benzene rings is 1. The van der Waals surface area contributed by atoms with Crippen molar-refractivity contribution in [3.05, 3.63) is 59.0 Å². The van der Waals surface area contributed by atoms with E-state index in [2.05, 4.69) is 20.5 Å². The third kappa shape index (κ3) is 2.29. The molecule has 3 heterocycles. The number of aromatic amines is 2. The number of aromatic nitrogens is 3. The van der Waals surface area contributed by atoms with Crippen LogP contribution < -0.4 is 5.32 Å². The number of carbonyl (C=O) groups is 1. The zero-order chi connectivity index (χ0) is 14.9. The van der Waals surface area contributed by atoms with Gasteiger partial charge in [-0.1, -0.05) is 6.07 Å². The number of fused-ring (bicyclic) bond motifs is 1. The van der Waals surface area contributed by atoms with E-state index in [-0.39, 0.29) is 5.91 Å². The van der Waals surface area contributed by atoms with Crippen molar-refractivity contribution in [2.45, 2.75) is 0 Å². The van der Waals surface area contributed by atoms with Crippen LogP contribution in [0.25, 0.3) is 22.2 Å². The van der Waals surface area contributed by atoms with Crippen LogP contribution in [0.3, 0.4) is 0 Å². The lowest BCUT2D eigenvalue weighted by atomic mass is 10.2. The van der Waals surface area contributed by atoms with Gasteiger partial charge in [-0.3, -0.25) is 9.89 Å². The van der Waals surface area contributed by atoms with E-state index in [0.29, 0.717) is 4.88 Å². The molecule has 4 rings (SSSR count). The maximum absolute atomic E-state index is 12.1. The molecule has 3 N–H and O–H groups in total. The van der Waals surface area contributed by atoms with Crippen LogP contribution >= 0.6 is 11.3 Å². The Kier molecular flexibility index (Phi) is 3.01. The highest BCUT2D eigenvalue weighted by molar-refractivity contribution is 7.12. The average Bonchev–Trinajstić information content (AvgIpc) is 3.26. The molecule has 0 fully saturated rings. The molecule has 0 unspecified atom stereocenters. The van der Waals surface area contributed by atoms with E-state index >= 15 is 0 Å². The summed E-state index contributed by atoms with van der Waals surface area (Å²) in [5, 5.41) is 12.6. The number of nitrogens with one attached hydrogen (secondary N) is 3. The van der Waals surface area contributed by atoms with Crippen LogP contribution in [-0.2, 0) is 0 Å². The normalized spacial score (nSPS) is 10.9. The first-order valence-electron chi connectivity index (χ1n) is 6.76. The second-order valence-corrected chi connectivity index (χ2v) is 5.85. The molecule has 0 aliphatic rings. The van der Waals surface area contributed by atoms with Gasteiger partial charge in [-0.25, -0.2) is 0 Å². The van der Waals surface area contributed by atoms with Crippen LogP contribution in [0.1, 0.15) is 9.67 Å². The van der Waals surface area contributed by atoms with Gasteiger partial charge >= 0.3 is 0 Å². The van der Waals surface area contributed by atoms with E-state index in [1.807, 2.05) is 48.0 Å². The Balaban J connectivity index is 1.64.